The Morgan fingerprint density at radius 3 is 2.84 bits per heavy atom. The van der Waals surface area contributed by atoms with E-state index in [2.05, 4.69) is 5.32 Å². The van der Waals surface area contributed by atoms with Crippen molar-refractivity contribution in [2.45, 2.75) is 25.0 Å². The van der Waals surface area contributed by atoms with Gasteiger partial charge in [0.15, 0.2) is 0 Å². The van der Waals surface area contributed by atoms with E-state index in [9.17, 15) is 19.1 Å². The summed E-state index contributed by atoms with van der Waals surface area (Å²) in [6, 6.07) is 5.49. The highest BCUT2D eigenvalue weighted by atomic mass is 19.1. The molecule has 1 aromatic rings. The highest BCUT2D eigenvalue weighted by Crippen LogP contribution is 2.36. The van der Waals surface area contributed by atoms with Gasteiger partial charge in [-0.15, -0.1) is 0 Å². The number of amides is 2. The normalized spacial score (nSPS) is 22.2. The largest absolute Gasteiger partial charge is 0.390 e. The van der Waals surface area contributed by atoms with Gasteiger partial charge in [0.05, 0.1) is 18.1 Å². The number of halogens is 1. The SMILES string of the molecule is CN(C)CC(O)CNC(=O)C1CCC(=O)N(C)C1c1cccc(F)c1. The highest BCUT2D eigenvalue weighted by molar-refractivity contribution is 5.84. The third-order valence-electron chi connectivity index (χ3n) is 4.48. The molecule has 3 atom stereocenters. The van der Waals surface area contributed by atoms with Gasteiger partial charge in [-0.05, 0) is 38.2 Å². The van der Waals surface area contributed by atoms with Gasteiger partial charge < -0.3 is 20.2 Å². The molecule has 1 aliphatic heterocycles. The third-order valence-corrected chi connectivity index (χ3v) is 4.48. The van der Waals surface area contributed by atoms with Gasteiger partial charge >= 0.3 is 0 Å². The van der Waals surface area contributed by atoms with Gasteiger partial charge in [-0.1, -0.05) is 12.1 Å². The van der Waals surface area contributed by atoms with Gasteiger partial charge in [0.2, 0.25) is 11.8 Å². The molecule has 2 rings (SSSR count). The predicted molar refractivity (Wildman–Crippen MR) is 92.2 cm³/mol. The number of hydrogen-bond donors (Lipinski definition) is 2. The van der Waals surface area contributed by atoms with Crippen molar-refractivity contribution in [3.63, 3.8) is 0 Å². The van der Waals surface area contributed by atoms with E-state index in [1.807, 2.05) is 19.0 Å². The zero-order chi connectivity index (χ0) is 18.6. The maximum atomic E-state index is 13.6. The van der Waals surface area contributed by atoms with Crippen molar-refractivity contribution < 1.29 is 19.1 Å². The van der Waals surface area contributed by atoms with Crippen LogP contribution in [0.25, 0.3) is 0 Å². The van der Waals surface area contributed by atoms with Crippen LogP contribution < -0.4 is 5.32 Å². The molecule has 1 heterocycles. The quantitative estimate of drug-likeness (QED) is 0.794. The van der Waals surface area contributed by atoms with Crippen LogP contribution in [-0.2, 0) is 9.59 Å². The van der Waals surface area contributed by atoms with Crippen molar-refractivity contribution in [3.8, 4) is 0 Å². The summed E-state index contributed by atoms with van der Waals surface area (Å²) in [6.07, 6.45) is 0.00943. The monoisotopic (exact) mass is 351 g/mol. The fraction of sp³-hybridized carbons (Fsp3) is 0.556. The molecule has 1 fully saturated rings. The van der Waals surface area contributed by atoms with E-state index in [0.29, 0.717) is 18.5 Å². The molecule has 6 nitrogen and oxygen atoms in total. The lowest BCUT2D eigenvalue weighted by molar-refractivity contribution is -0.141. The lowest BCUT2D eigenvalue weighted by Gasteiger charge is -2.38. The van der Waals surface area contributed by atoms with Gasteiger partial charge in [0.1, 0.15) is 5.82 Å². The Bertz CT molecular complexity index is 623. The summed E-state index contributed by atoms with van der Waals surface area (Å²) in [4.78, 5) is 28.1. The zero-order valence-corrected chi connectivity index (χ0v) is 14.9. The number of carbonyl (C=O) groups is 2. The van der Waals surface area contributed by atoms with Crippen LogP contribution in [0.3, 0.4) is 0 Å². The number of benzene rings is 1. The first-order valence-electron chi connectivity index (χ1n) is 8.41. The van der Waals surface area contributed by atoms with Crippen LogP contribution in [0.2, 0.25) is 0 Å². The lowest BCUT2D eigenvalue weighted by atomic mass is 9.84. The summed E-state index contributed by atoms with van der Waals surface area (Å²) >= 11 is 0. The first-order chi connectivity index (χ1) is 11.8. The molecule has 0 bridgehead atoms. The number of piperidine rings is 1. The Morgan fingerprint density at radius 1 is 1.48 bits per heavy atom. The standard InChI is InChI=1S/C18H26FN3O3/c1-21(2)11-14(23)10-20-18(25)15-7-8-16(24)22(3)17(15)12-5-4-6-13(19)9-12/h4-6,9,14-15,17,23H,7-8,10-11H2,1-3H3,(H,20,25). The molecule has 2 N–H and O–H groups in total. The predicted octanol–water partition coefficient (Wildman–Crippen LogP) is 0.774. The molecule has 2 amide bonds. The Labute approximate surface area is 147 Å². The molecule has 0 aromatic heterocycles. The number of likely N-dealkylation sites (tertiary alicyclic amines) is 1. The molecule has 0 radical (unpaired) electrons. The van der Waals surface area contributed by atoms with Gasteiger partial charge in [-0.25, -0.2) is 4.39 Å². The van der Waals surface area contributed by atoms with Crippen molar-refractivity contribution in [3.05, 3.63) is 35.6 Å². The second kappa shape index (κ2) is 8.40. The van der Waals surface area contributed by atoms with Crippen molar-refractivity contribution in [2.24, 2.45) is 5.92 Å². The summed E-state index contributed by atoms with van der Waals surface area (Å²) in [5.74, 6) is -1.17. The first kappa shape index (κ1) is 19.3. The molecule has 1 aliphatic rings. The van der Waals surface area contributed by atoms with Crippen molar-refractivity contribution in [1.29, 1.82) is 0 Å². The van der Waals surface area contributed by atoms with E-state index in [0.717, 1.165) is 0 Å². The van der Waals surface area contributed by atoms with Gasteiger partial charge in [0, 0.05) is 26.6 Å². The van der Waals surface area contributed by atoms with E-state index in [1.165, 1.54) is 17.0 Å². The Morgan fingerprint density at radius 2 is 2.20 bits per heavy atom. The van der Waals surface area contributed by atoms with Crippen LogP contribution in [0.15, 0.2) is 24.3 Å². The lowest BCUT2D eigenvalue weighted by Crippen LogP contribution is -2.48. The third kappa shape index (κ3) is 4.99. The Balaban J connectivity index is 2.13. The minimum absolute atomic E-state index is 0.0639. The van der Waals surface area contributed by atoms with Crippen LogP contribution in [0, 0.1) is 11.7 Å². The Kier molecular flexibility index (Phi) is 6.50. The maximum Gasteiger partial charge on any atom is 0.225 e. The average molecular weight is 351 g/mol. The minimum atomic E-state index is -0.672. The van der Waals surface area contributed by atoms with E-state index in [1.54, 1.807) is 19.2 Å². The number of nitrogens with one attached hydrogen (secondary N) is 1. The fourth-order valence-electron chi connectivity index (χ4n) is 3.29. The van der Waals surface area contributed by atoms with Crippen molar-refractivity contribution in [2.75, 3.05) is 34.2 Å². The second-order valence-corrected chi connectivity index (χ2v) is 6.81. The van der Waals surface area contributed by atoms with Crippen LogP contribution >= 0.6 is 0 Å². The highest BCUT2D eigenvalue weighted by Gasteiger charge is 2.38. The smallest absolute Gasteiger partial charge is 0.225 e. The second-order valence-electron chi connectivity index (χ2n) is 6.81. The summed E-state index contributed by atoms with van der Waals surface area (Å²) in [6.45, 7) is 0.581. The number of rotatable bonds is 6. The van der Waals surface area contributed by atoms with Crippen molar-refractivity contribution in [1.82, 2.24) is 15.1 Å². The molecule has 0 saturated carbocycles. The van der Waals surface area contributed by atoms with Crippen LogP contribution in [0.4, 0.5) is 4.39 Å². The number of likely N-dealkylation sites (N-methyl/N-ethyl adjacent to an activating group) is 1. The minimum Gasteiger partial charge on any atom is -0.390 e. The fourth-order valence-corrected chi connectivity index (χ4v) is 3.29. The molecular weight excluding hydrogens is 325 g/mol. The van der Waals surface area contributed by atoms with Gasteiger partial charge in [0.25, 0.3) is 0 Å². The number of carbonyl (C=O) groups excluding carboxylic acids is 2. The molecule has 7 heteroatoms. The first-order valence-corrected chi connectivity index (χ1v) is 8.41. The van der Waals surface area contributed by atoms with Crippen molar-refractivity contribution >= 4 is 11.8 Å². The Hall–Kier alpha value is -1.99. The zero-order valence-electron chi connectivity index (χ0n) is 14.9. The average Bonchev–Trinajstić information content (AvgIpc) is 2.54. The summed E-state index contributed by atoms with van der Waals surface area (Å²) in [5, 5.41) is 12.7. The molecule has 3 unspecified atom stereocenters. The van der Waals surface area contributed by atoms with E-state index in [4.69, 9.17) is 0 Å². The molecular formula is C18H26FN3O3. The molecule has 1 saturated heterocycles. The number of nitrogens with zero attached hydrogens (tertiary/aromatic N) is 2. The van der Waals surface area contributed by atoms with E-state index < -0.39 is 23.9 Å². The summed E-state index contributed by atoms with van der Waals surface area (Å²) in [5.41, 5.74) is 0.601. The maximum absolute atomic E-state index is 13.6. The summed E-state index contributed by atoms with van der Waals surface area (Å²) < 4.78 is 13.6. The van der Waals surface area contributed by atoms with Crippen LogP contribution in [0.5, 0.6) is 0 Å². The number of aliphatic hydroxyl groups is 1. The number of hydrogen-bond acceptors (Lipinski definition) is 4. The molecule has 0 spiro atoms. The molecule has 0 aliphatic carbocycles. The van der Waals surface area contributed by atoms with Crippen LogP contribution in [-0.4, -0.2) is 67.1 Å². The van der Waals surface area contributed by atoms with Gasteiger partial charge in [-0.2, -0.15) is 0 Å². The van der Waals surface area contributed by atoms with Gasteiger partial charge in [-0.3, -0.25) is 9.59 Å². The van der Waals surface area contributed by atoms with Crippen LogP contribution in [0.1, 0.15) is 24.4 Å². The van der Waals surface area contributed by atoms with E-state index in [-0.39, 0.29) is 24.8 Å². The molecule has 1 aromatic carbocycles. The molecule has 25 heavy (non-hydrogen) atoms. The topological polar surface area (TPSA) is 72.9 Å². The summed E-state index contributed by atoms with van der Waals surface area (Å²) in [7, 11) is 5.32. The number of aliphatic hydroxyl groups excluding tert-OH is 1. The van der Waals surface area contributed by atoms with E-state index >= 15 is 0 Å². The molecule has 138 valence electrons.